The number of rotatable bonds is 4. The van der Waals surface area contributed by atoms with Crippen molar-refractivity contribution < 1.29 is 14.3 Å². The van der Waals surface area contributed by atoms with Gasteiger partial charge in [-0.2, -0.15) is 0 Å². The average molecular weight is 508 g/mol. The van der Waals surface area contributed by atoms with Crippen LogP contribution in [0, 0.1) is 0 Å². The van der Waals surface area contributed by atoms with E-state index in [9.17, 15) is 9.59 Å². The molecule has 4 nitrogen and oxygen atoms in total. The second-order valence-corrected chi connectivity index (χ2v) is 9.68. The van der Waals surface area contributed by atoms with Crippen LogP contribution in [-0.4, -0.2) is 23.3 Å². The van der Waals surface area contributed by atoms with Crippen LogP contribution in [0.25, 0.3) is 10.9 Å². The summed E-state index contributed by atoms with van der Waals surface area (Å²) in [6, 6.07) is 14.8. The zero-order valence-corrected chi connectivity index (χ0v) is 20.5. The standard InChI is InChI=1S/C28H30BrNO3/c29-21-17-15-20(16-18-21)26(31)19-33-28(32)27-22-11-7-5-3-1-2-4-6-8-13-24(22)30-25-14-10-9-12-23(25)27/h9-10,12,14-18H,1-8,11,13,19H2. The zero-order valence-electron chi connectivity index (χ0n) is 18.9. The number of aromatic nitrogens is 1. The smallest absolute Gasteiger partial charge is 0.339 e. The second kappa shape index (κ2) is 11.6. The molecule has 4 rings (SSSR count). The first-order chi connectivity index (χ1) is 16.1. The van der Waals surface area contributed by atoms with Crippen molar-refractivity contribution in [2.24, 2.45) is 0 Å². The van der Waals surface area contributed by atoms with E-state index >= 15 is 0 Å². The van der Waals surface area contributed by atoms with Crippen molar-refractivity contribution in [3.63, 3.8) is 0 Å². The first-order valence-corrected chi connectivity index (χ1v) is 12.8. The van der Waals surface area contributed by atoms with Crippen molar-refractivity contribution >= 4 is 38.6 Å². The van der Waals surface area contributed by atoms with Gasteiger partial charge in [0.05, 0.1) is 11.1 Å². The summed E-state index contributed by atoms with van der Waals surface area (Å²) in [7, 11) is 0. The summed E-state index contributed by atoms with van der Waals surface area (Å²) >= 11 is 3.37. The molecule has 0 saturated carbocycles. The Labute approximate surface area is 203 Å². The molecule has 1 aliphatic rings. The molecule has 1 aliphatic carbocycles. The first-order valence-electron chi connectivity index (χ1n) is 12.0. The summed E-state index contributed by atoms with van der Waals surface area (Å²) in [6.45, 7) is -0.272. The van der Waals surface area contributed by atoms with Crippen molar-refractivity contribution in [2.75, 3.05) is 6.61 Å². The quantitative estimate of drug-likeness (QED) is 0.275. The molecule has 0 bridgehead atoms. The van der Waals surface area contributed by atoms with Crippen LogP contribution in [-0.2, 0) is 17.6 Å². The number of Topliss-reactive ketones (excluding diaryl/α,β-unsaturated/α-hetero) is 1. The summed E-state index contributed by atoms with van der Waals surface area (Å²) in [5.41, 5.74) is 3.96. The lowest BCUT2D eigenvalue weighted by Crippen LogP contribution is -2.17. The highest BCUT2D eigenvalue weighted by Crippen LogP contribution is 2.28. The molecule has 0 N–H and O–H groups in total. The predicted molar refractivity (Wildman–Crippen MR) is 135 cm³/mol. The third-order valence-corrected chi connectivity index (χ3v) is 6.90. The molecule has 172 valence electrons. The highest BCUT2D eigenvalue weighted by Gasteiger charge is 2.22. The topological polar surface area (TPSA) is 56.3 Å². The van der Waals surface area contributed by atoms with E-state index < -0.39 is 5.97 Å². The fourth-order valence-corrected chi connectivity index (χ4v) is 4.85. The lowest BCUT2D eigenvalue weighted by atomic mass is 9.92. The van der Waals surface area contributed by atoms with Gasteiger partial charge in [-0.3, -0.25) is 9.78 Å². The molecule has 0 fully saturated rings. The van der Waals surface area contributed by atoms with E-state index in [4.69, 9.17) is 9.72 Å². The zero-order chi connectivity index (χ0) is 23.0. The number of ketones is 1. The maximum absolute atomic E-state index is 13.4. The minimum Gasteiger partial charge on any atom is -0.454 e. The number of nitrogens with zero attached hydrogens (tertiary/aromatic N) is 1. The third kappa shape index (κ3) is 6.08. The normalized spacial score (nSPS) is 15.2. The van der Waals surface area contributed by atoms with Gasteiger partial charge in [-0.1, -0.05) is 84.8 Å². The molecule has 0 unspecified atom stereocenters. The van der Waals surface area contributed by atoms with Crippen molar-refractivity contribution in [1.82, 2.24) is 4.98 Å². The predicted octanol–water partition coefficient (Wildman–Crippen LogP) is 7.26. The third-order valence-electron chi connectivity index (χ3n) is 6.37. The summed E-state index contributed by atoms with van der Waals surface area (Å²) in [5.74, 6) is -0.638. The van der Waals surface area contributed by atoms with Gasteiger partial charge in [0.25, 0.3) is 0 Å². The number of aryl methyl sites for hydroxylation is 1. The average Bonchev–Trinajstić information content (AvgIpc) is 2.82. The van der Waals surface area contributed by atoms with Gasteiger partial charge in [0, 0.05) is 21.1 Å². The SMILES string of the molecule is O=C(COC(=O)c1c2c(nc3ccccc13)CCCCCCCCCC2)c1ccc(Br)cc1. The van der Waals surface area contributed by atoms with Crippen LogP contribution >= 0.6 is 15.9 Å². The lowest BCUT2D eigenvalue weighted by Gasteiger charge is -2.17. The number of esters is 1. The van der Waals surface area contributed by atoms with Gasteiger partial charge in [-0.25, -0.2) is 4.79 Å². The van der Waals surface area contributed by atoms with Gasteiger partial charge in [0.15, 0.2) is 12.4 Å². The minimum atomic E-state index is -0.428. The molecule has 0 aliphatic heterocycles. The number of carbonyl (C=O) groups is 2. The van der Waals surface area contributed by atoms with Crippen molar-refractivity contribution in [3.8, 4) is 0 Å². The van der Waals surface area contributed by atoms with E-state index in [1.165, 1.54) is 32.1 Å². The van der Waals surface area contributed by atoms with E-state index in [1.807, 2.05) is 36.4 Å². The Hall–Kier alpha value is -2.53. The number of hydrogen-bond donors (Lipinski definition) is 0. The van der Waals surface area contributed by atoms with Crippen molar-refractivity contribution in [3.05, 3.63) is 75.4 Å². The lowest BCUT2D eigenvalue weighted by molar-refractivity contribution is 0.0475. The molecule has 1 aromatic heterocycles. The molecule has 0 radical (unpaired) electrons. The monoisotopic (exact) mass is 507 g/mol. The number of benzene rings is 2. The summed E-state index contributed by atoms with van der Waals surface area (Å²) < 4.78 is 6.49. The van der Waals surface area contributed by atoms with Gasteiger partial charge in [-0.15, -0.1) is 0 Å². The molecular formula is C28H30BrNO3. The van der Waals surface area contributed by atoms with Crippen LogP contribution in [0.15, 0.2) is 53.0 Å². The van der Waals surface area contributed by atoms with Crippen LogP contribution in [0.4, 0.5) is 0 Å². The van der Waals surface area contributed by atoms with Crippen LogP contribution < -0.4 is 0 Å². The van der Waals surface area contributed by atoms with Gasteiger partial charge in [0.1, 0.15) is 0 Å². The molecule has 3 aromatic rings. The van der Waals surface area contributed by atoms with E-state index in [2.05, 4.69) is 15.9 Å². The van der Waals surface area contributed by atoms with Gasteiger partial charge in [0.2, 0.25) is 0 Å². The number of pyridine rings is 1. The Morgan fingerprint density at radius 3 is 2.18 bits per heavy atom. The van der Waals surface area contributed by atoms with E-state index in [-0.39, 0.29) is 12.4 Å². The molecule has 0 atom stereocenters. The molecule has 1 heterocycles. The second-order valence-electron chi connectivity index (χ2n) is 8.76. The maximum Gasteiger partial charge on any atom is 0.339 e. The molecular weight excluding hydrogens is 478 g/mol. The fraction of sp³-hybridized carbons (Fsp3) is 0.393. The molecule has 0 saturated heterocycles. The van der Waals surface area contributed by atoms with Crippen LogP contribution in [0.2, 0.25) is 0 Å². The molecule has 0 spiro atoms. The Morgan fingerprint density at radius 2 is 1.45 bits per heavy atom. The summed E-state index contributed by atoms with van der Waals surface area (Å²) in [6.07, 6.45) is 11.2. The van der Waals surface area contributed by atoms with Gasteiger partial charge in [-0.05, 0) is 49.4 Å². The number of ether oxygens (including phenoxy) is 1. The van der Waals surface area contributed by atoms with Crippen LogP contribution in [0.5, 0.6) is 0 Å². The summed E-state index contributed by atoms with van der Waals surface area (Å²) in [4.78, 5) is 30.9. The van der Waals surface area contributed by atoms with E-state index in [0.29, 0.717) is 11.1 Å². The largest absolute Gasteiger partial charge is 0.454 e. The Balaban J connectivity index is 1.63. The molecule has 2 aromatic carbocycles. The van der Waals surface area contributed by atoms with Crippen LogP contribution in [0.3, 0.4) is 0 Å². The Bertz CT molecular complexity index is 1120. The Kier molecular flexibility index (Phi) is 8.27. The van der Waals surface area contributed by atoms with Crippen LogP contribution in [0.1, 0.15) is 83.3 Å². The number of para-hydroxylation sites is 1. The highest BCUT2D eigenvalue weighted by molar-refractivity contribution is 9.10. The van der Waals surface area contributed by atoms with Crippen molar-refractivity contribution in [2.45, 2.75) is 64.2 Å². The number of carbonyl (C=O) groups excluding carboxylic acids is 2. The highest BCUT2D eigenvalue weighted by atomic mass is 79.9. The minimum absolute atomic E-state index is 0.210. The van der Waals surface area contributed by atoms with Gasteiger partial charge < -0.3 is 4.74 Å². The summed E-state index contributed by atoms with van der Waals surface area (Å²) in [5, 5.41) is 0.810. The van der Waals surface area contributed by atoms with E-state index in [1.54, 1.807) is 12.1 Å². The fourth-order valence-electron chi connectivity index (χ4n) is 4.59. The molecule has 33 heavy (non-hydrogen) atoms. The Morgan fingerprint density at radius 1 is 0.818 bits per heavy atom. The first kappa shape index (κ1) is 23.6. The number of hydrogen-bond acceptors (Lipinski definition) is 4. The maximum atomic E-state index is 13.4. The molecule has 0 amide bonds. The number of fused-ring (bicyclic) bond motifs is 2. The number of halogens is 1. The van der Waals surface area contributed by atoms with Crippen molar-refractivity contribution in [1.29, 1.82) is 0 Å². The molecule has 5 heteroatoms. The van der Waals surface area contributed by atoms with E-state index in [0.717, 1.165) is 58.7 Å². The van der Waals surface area contributed by atoms with Gasteiger partial charge >= 0.3 is 5.97 Å².